The van der Waals surface area contributed by atoms with Gasteiger partial charge in [-0.15, -0.1) is 0 Å². The molecule has 0 aromatic rings. The van der Waals surface area contributed by atoms with Gasteiger partial charge in [-0.2, -0.15) is 0 Å². The first-order valence-corrected chi connectivity index (χ1v) is 6.28. The Balaban J connectivity index is 1.52. The standard InChI is InChI=1S/C13H23/c1-2-7-12(6-1)10-5-11-13-8-3-4-9-13/h10,12-13H,1-9,11H2. The van der Waals surface area contributed by atoms with E-state index in [1.807, 2.05) is 0 Å². The summed E-state index contributed by atoms with van der Waals surface area (Å²) < 4.78 is 0. The van der Waals surface area contributed by atoms with E-state index in [-0.39, 0.29) is 0 Å². The molecule has 0 unspecified atom stereocenters. The van der Waals surface area contributed by atoms with Crippen molar-refractivity contribution >= 4 is 0 Å². The van der Waals surface area contributed by atoms with E-state index in [1.165, 1.54) is 64.2 Å². The molecule has 0 saturated heterocycles. The third kappa shape index (κ3) is 3.00. The highest BCUT2D eigenvalue weighted by Crippen LogP contribution is 2.32. The molecular weight excluding hydrogens is 156 g/mol. The minimum atomic E-state index is 1.00. The van der Waals surface area contributed by atoms with Crippen LogP contribution in [-0.4, -0.2) is 0 Å². The van der Waals surface area contributed by atoms with Crippen molar-refractivity contribution in [3.05, 3.63) is 6.42 Å². The molecule has 2 aliphatic rings. The van der Waals surface area contributed by atoms with Gasteiger partial charge in [0.15, 0.2) is 0 Å². The highest BCUT2D eigenvalue weighted by Gasteiger charge is 2.17. The summed E-state index contributed by atoms with van der Waals surface area (Å²) in [7, 11) is 0. The normalized spacial score (nSPS) is 25.8. The SMILES string of the molecule is [CH](CCC1CCCC1)C1CCCC1. The Bertz CT molecular complexity index is 111. The summed E-state index contributed by atoms with van der Waals surface area (Å²) in [5.74, 6) is 2.10. The predicted octanol–water partition coefficient (Wildman–Crippen LogP) is 4.35. The minimum Gasteiger partial charge on any atom is -0.0530 e. The zero-order valence-electron chi connectivity index (χ0n) is 8.80. The molecule has 0 aromatic heterocycles. The first kappa shape index (κ1) is 9.55. The summed E-state index contributed by atoms with van der Waals surface area (Å²) in [5.41, 5.74) is 0. The molecule has 0 heteroatoms. The van der Waals surface area contributed by atoms with Crippen LogP contribution in [0.1, 0.15) is 64.2 Å². The summed E-state index contributed by atoms with van der Waals surface area (Å²) in [6.45, 7) is 0. The van der Waals surface area contributed by atoms with E-state index < -0.39 is 0 Å². The van der Waals surface area contributed by atoms with Gasteiger partial charge < -0.3 is 0 Å². The van der Waals surface area contributed by atoms with Crippen LogP contribution in [0.5, 0.6) is 0 Å². The average Bonchev–Trinajstić information content (AvgIpc) is 2.75. The molecule has 0 nitrogen and oxygen atoms in total. The van der Waals surface area contributed by atoms with E-state index >= 15 is 0 Å². The quantitative estimate of drug-likeness (QED) is 0.602. The first-order chi connectivity index (χ1) is 6.45. The van der Waals surface area contributed by atoms with Crippen molar-refractivity contribution in [1.29, 1.82) is 0 Å². The fraction of sp³-hybridized carbons (Fsp3) is 0.923. The van der Waals surface area contributed by atoms with Crippen molar-refractivity contribution in [2.45, 2.75) is 64.2 Å². The van der Waals surface area contributed by atoms with Crippen molar-refractivity contribution in [3.63, 3.8) is 0 Å². The van der Waals surface area contributed by atoms with Crippen molar-refractivity contribution in [1.82, 2.24) is 0 Å². The van der Waals surface area contributed by atoms with Gasteiger partial charge in [0.1, 0.15) is 0 Å². The van der Waals surface area contributed by atoms with Crippen LogP contribution >= 0.6 is 0 Å². The Labute approximate surface area is 83.1 Å². The molecule has 2 rings (SSSR count). The second kappa shape index (κ2) is 5.02. The molecule has 1 radical (unpaired) electrons. The molecule has 0 amide bonds. The molecule has 0 spiro atoms. The molecular formula is C13H23. The maximum Gasteiger partial charge on any atom is -0.0355 e. The second-order valence-electron chi connectivity index (χ2n) is 5.01. The monoisotopic (exact) mass is 179 g/mol. The lowest BCUT2D eigenvalue weighted by Crippen LogP contribution is -1.98. The van der Waals surface area contributed by atoms with Gasteiger partial charge in [-0.3, -0.25) is 0 Å². The summed E-state index contributed by atoms with van der Waals surface area (Å²) in [6, 6.07) is 0. The molecule has 0 heterocycles. The van der Waals surface area contributed by atoms with Gasteiger partial charge in [-0.25, -0.2) is 0 Å². The van der Waals surface area contributed by atoms with Crippen LogP contribution in [0.25, 0.3) is 0 Å². The molecule has 0 aliphatic heterocycles. The van der Waals surface area contributed by atoms with Gasteiger partial charge in [-0.1, -0.05) is 57.8 Å². The van der Waals surface area contributed by atoms with Crippen LogP contribution in [0.4, 0.5) is 0 Å². The fourth-order valence-corrected chi connectivity index (χ4v) is 3.06. The lowest BCUT2D eigenvalue weighted by atomic mass is 9.95. The van der Waals surface area contributed by atoms with E-state index in [0.29, 0.717) is 0 Å². The zero-order valence-corrected chi connectivity index (χ0v) is 8.80. The first-order valence-electron chi connectivity index (χ1n) is 6.28. The Hall–Kier alpha value is 0. The maximum absolute atomic E-state index is 2.63. The van der Waals surface area contributed by atoms with E-state index in [2.05, 4.69) is 6.42 Å². The van der Waals surface area contributed by atoms with Crippen LogP contribution in [-0.2, 0) is 0 Å². The van der Waals surface area contributed by atoms with Crippen LogP contribution < -0.4 is 0 Å². The van der Waals surface area contributed by atoms with Gasteiger partial charge in [0.05, 0.1) is 0 Å². The summed E-state index contributed by atoms with van der Waals surface area (Å²) in [6.07, 6.45) is 17.6. The van der Waals surface area contributed by atoms with Crippen molar-refractivity contribution in [2.24, 2.45) is 11.8 Å². The van der Waals surface area contributed by atoms with E-state index in [0.717, 1.165) is 11.8 Å². The van der Waals surface area contributed by atoms with Gasteiger partial charge in [0.2, 0.25) is 0 Å². The van der Waals surface area contributed by atoms with Gasteiger partial charge in [0.25, 0.3) is 0 Å². The molecule has 0 N–H and O–H groups in total. The molecule has 2 aliphatic carbocycles. The molecule has 13 heavy (non-hydrogen) atoms. The van der Waals surface area contributed by atoms with Crippen LogP contribution in [0.3, 0.4) is 0 Å². The second-order valence-corrected chi connectivity index (χ2v) is 5.01. The van der Waals surface area contributed by atoms with Crippen molar-refractivity contribution < 1.29 is 0 Å². The van der Waals surface area contributed by atoms with E-state index in [1.54, 1.807) is 0 Å². The Morgan fingerprint density at radius 3 is 2.15 bits per heavy atom. The van der Waals surface area contributed by atoms with Gasteiger partial charge in [-0.05, 0) is 24.7 Å². The topological polar surface area (TPSA) is 0 Å². The lowest BCUT2D eigenvalue weighted by Gasteiger charge is -2.11. The third-order valence-electron chi connectivity index (χ3n) is 3.95. The minimum absolute atomic E-state index is 1.00. The fourth-order valence-electron chi connectivity index (χ4n) is 3.06. The third-order valence-corrected chi connectivity index (χ3v) is 3.95. The van der Waals surface area contributed by atoms with E-state index in [9.17, 15) is 0 Å². The van der Waals surface area contributed by atoms with Crippen LogP contribution in [0, 0.1) is 18.3 Å². The molecule has 0 atom stereocenters. The molecule has 75 valence electrons. The van der Waals surface area contributed by atoms with Crippen molar-refractivity contribution in [3.8, 4) is 0 Å². The van der Waals surface area contributed by atoms with E-state index in [4.69, 9.17) is 0 Å². The Morgan fingerprint density at radius 2 is 1.46 bits per heavy atom. The smallest absolute Gasteiger partial charge is 0.0355 e. The Morgan fingerprint density at radius 1 is 0.846 bits per heavy atom. The maximum atomic E-state index is 2.63. The van der Waals surface area contributed by atoms with Crippen LogP contribution in [0.2, 0.25) is 0 Å². The molecule has 2 fully saturated rings. The van der Waals surface area contributed by atoms with Gasteiger partial charge in [0, 0.05) is 0 Å². The molecule has 0 aromatic carbocycles. The molecule has 0 bridgehead atoms. The Kier molecular flexibility index (Phi) is 3.69. The summed E-state index contributed by atoms with van der Waals surface area (Å²) >= 11 is 0. The van der Waals surface area contributed by atoms with Crippen molar-refractivity contribution in [2.75, 3.05) is 0 Å². The largest absolute Gasteiger partial charge is 0.0530 e. The number of hydrogen-bond donors (Lipinski definition) is 0. The highest BCUT2D eigenvalue weighted by molar-refractivity contribution is 4.82. The summed E-state index contributed by atoms with van der Waals surface area (Å²) in [4.78, 5) is 0. The summed E-state index contributed by atoms with van der Waals surface area (Å²) in [5, 5.41) is 0. The van der Waals surface area contributed by atoms with Gasteiger partial charge >= 0.3 is 0 Å². The molecule has 2 saturated carbocycles. The average molecular weight is 179 g/mol. The highest BCUT2D eigenvalue weighted by atomic mass is 14.2. The number of rotatable bonds is 4. The lowest BCUT2D eigenvalue weighted by molar-refractivity contribution is 0.478. The predicted molar refractivity (Wildman–Crippen MR) is 57.5 cm³/mol. The number of hydrogen-bond acceptors (Lipinski definition) is 0. The van der Waals surface area contributed by atoms with Crippen LogP contribution in [0.15, 0.2) is 0 Å². The zero-order chi connectivity index (χ0) is 8.93.